The Bertz CT molecular complexity index is 433. The van der Waals surface area contributed by atoms with Gasteiger partial charge < -0.3 is 14.8 Å². The monoisotopic (exact) mass is 263 g/mol. The van der Waals surface area contributed by atoms with Gasteiger partial charge in [0.25, 0.3) is 0 Å². The number of nitrogens with one attached hydrogen (secondary N) is 1. The molecule has 3 rings (SSSR count). The quantitative estimate of drug-likeness (QED) is 0.824. The number of rotatable bonds is 2. The molecule has 1 aliphatic carbocycles. The Morgan fingerprint density at radius 3 is 2.95 bits per heavy atom. The van der Waals surface area contributed by atoms with E-state index < -0.39 is 0 Å². The topological polar surface area (TPSA) is 47.6 Å². The van der Waals surface area contributed by atoms with E-state index in [1.54, 1.807) is 0 Å². The minimum atomic E-state index is 0.0766. The second kappa shape index (κ2) is 5.47. The Labute approximate surface area is 113 Å². The van der Waals surface area contributed by atoms with Crippen molar-refractivity contribution in [3.05, 3.63) is 23.0 Å². The van der Waals surface area contributed by atoms with Crippen molar-refractivity contribution >= 4 is 5.78 Å². The largest absolute Gasteiger partial charge is 0.497 e. The lowest BCUT2D eigenvalue weighted by Crippen LogP contribution is -2.36. The molecule has 0 amide bonds. The van der Waals surface area contributed by atoms with E-state index in [0.29, 0.717) is 25.6 Å². The summed E-state index contributed by atoms with van der Waals surface area (Å²) < 4.78 is 11.8. The van der Waals surface area contributed by atoms with Crippen LogP contribution in [0.25, 0.3) is 0 Å². The van der Waals surface area contributed by atoms with E-state index in [2.05, 4.69) is 12.2 Å². The van der Waals surface area contributed by atoms with Crippen molar-refractivity contribution < 1.29 is 14.3 Å². The molecular weight excluding hydrogens is 242 g/mol. The normalized spacial score (nSPS) is 28.8. The smallest absolute Gasteiger partial charge is 0.169 e. The fourth-order valence-electron chi connectivity index (χ4n) is 2.93. The number of piperidine rings is 1. The standard InChI is InChI=1S/C15H21NO3/c1-10-8-12-13(17)4-7-18-15(12)9-14(10)19-11-2-5-16-6-3-11/h8,11,14,16H,2-7,9H2,1H3. The summed E-state index contributed by atoms with van der Waals surface area (Å²) >= 11 is 0. The van der Waals surface area contributed by atoms with Gasteiger partial charge in [-0.15, -0.1) is 0 Å². The summed E-state index contributed by atoms with van der Waals surface area (Å²) in [5.41, 5.74) is 1.92. The lowest BCUT2D eigenvalue weighted by molar-refractivity contribution is -0.117. The molecule has 1 fully saturated rings. The van der Waals surface area contributed by atoms with E-state index in [9.17, 15) is 4.79 Å². The van der Waals surface area contributed by atoms with Gasteiger partial charge in [0.1, 0.15) is 5.76 Å². The maximum atomic E-state index is 11.8. The number of hydrogen-bond donors (Lipinski definition) is 1. The Morgan fingerprint density at radius 1 is 1.37 bits per heavy atom. The third kappa shape index (κ3) is 2.74. The van der Waals surface area contributed by atoms with Gasteiger partial charge >= 0.3 is 0 Å². The SMILES string of the molecule is CC1=CC2=C(CC1OC1CCNCC1)OCCC2=O. The number of allylic oxidation sites excluding steroid dienone is 2. The van der Waals surface area contributed by atoms with Crippen molar-refractivity contribution in [1.82, 2.24) is 5.32 Å². The summed E-state index contributed by atoms with van der Waals surface area (Å²) in [7, 11) is 0. The highest BCUT2D eigenvalue weighted by Crippen LogP contribution is 2.32. The fraction of sp³-hybridized carbons (Fsp3) is 0.667. The molecule has 0 aromatic rings. The number of ether oxygens (including phenoxy) is 2. The molecule has 1 saturated heterocycles. The molecule has 0 aromatic carbocycles. The summed E-state index contributed by atoms with van der Waals surface area (Å²) in [5.74, 6) is 1.04. The molecule has 1 unspecified atom stereocenters. The molecule has 0 saturated carbocycles. The number of carbonyl (C=O) groups is 1. The van der Waals surface area contributed by atoms with Crippen molar-refractivity contribution in [3.8, 4) is 0 Å². The van der Waals surface area contributed by atoms with Crippen LogP contribution in [-0.4, -0.2) is 37.7 Å². The third-order valence-electron chi connectivity index (χ3n) is 4.10. The van der Waals surface area contributed by atoms with Gasteiger partial charge in [-0.25, -0.2) is 0 Å². The predicted molar refractivity (Wildman–Crippen MR) is 71.7 cm³/mol. The molecular formula is C15H21NO3. The number of ketones is 1. The minimum Gasteiger partial charge on any atom is -0.497 e. The summed E-state index contributed by atoms with van der Waals surface area (Å²) in [6.45, 7) is 4.63. The van der Waals surface area contributed by atoms with Gasteiger partial charge in [-0.2, -0.15) is 0 Å². The molecule has 1 atom stereocenters. The molecule has 2 heterocycles. The van der Waals surface area contributed by atoms with Gasteiger partial charge in [-0.3, -0.25) is 4.79 Å². The molecule has 0 bridgehead atoms. The molecule has 2 aliphatic heterocycles. The van der Waals surface area contributed by atoms with E-state index >= 15 is 0 Å². The van der Waals surface area contributed by atoms with Crippen LogP contribution in [-0.2, 0) is 14.3 Å². The van der Waals surface area contributed by atoms with Crippen molar-refractivity contribution in [2.45, 2.75) is 44.8 Å². The average Bonchev–Trinajstić information content (AvgIpc) is 2.42. The van der Waals surface area contributed by atoms with Crippen LogP contribution in [0.4, 0.5) is 0 Å². The highest BCUT2D eigenvalue weighted by molar-refractivity contribution is 5.99. The van der Waals surface area contributed by atoms with Crippen LogP contribution in [0, 0.1) is 0 Å². The summed E-state index contributed by atoms with van der Waals surface area (Å²) in [6.07, 6.45) is 5.72. The molecule has 104 valence electrons. The van der Waals surface area contributed by atoms with Crippen molar-refractivity contribution in [2.24, 2.45) is 0 Å². The fourth-order valence-corrected chi connectivity index (χ4v) is 2.93. The lowest BCUT2D eigenvalue weighted by Gasteiger charge is -2.32. The Balaban J connectivity index is 1.69. The van der Waals surface area contributed by atoms with Crippen LogP contribution in [0.15, 0.2) is 23.0 Å². The van der Waals surface area contributed by atoms with E-state index in [4.69, 9.17) is 9.47 Å². The predicted octanol–water partition coefficient (Wildman–Crippen LogP) is 1.72. The molecule has 1 N–H and O–H groups in total. The van der Waals surface area contributed by atoms with Crippen LogP contribution in [0.1, 0.15) is 32.6 Å². The second-order valence-corrected chi connectivity index (χ2v) is 5.53. The van der Waals surface area contributed by atoms with Gasteiger partial charge in [0.05, 0.1) is 24.4 Å². The van der Waals surface area contributed by atoms with Crippen LogP contribution in [0.3, 0.4) is 0 Å². The summed E-state index contributed by atoms with van der Waals surface area (Å²) in [4.78, 5) is 11.8. The van der Waals surface area contributed by atoms with Gasteiger partial charge in [0, 0.05) is 12.8 Å². The first-order chi connectivity index (χ1) is 9.24. The average molecular weight is 263 g/mol. The van der Waals surface area contributed by atoms with Crippen molar-refractivity contribution in [3.63, 3.8) is 0 Å². The zero-order chi connectivity index (χ0) is 13.2. The molecule has 0 radical (unpaired) electrons. The van der Waals surface area contributed by atoms with Crippen molar-refractivity contribution in [2.75, 3.05) is 19.7 Å². The Hall–Kier alpha value is -1.13. The zero-order valence-electron chi connectivity index (χ0n) is 11.4. The van der Waals surface area contributed by atoms with Crippen LogP contribution >= 0.6 is 0 Å². The zero-order valence-corrected chi connectivity index (χ0v) is 11.4. The highest BCUT2D eigenvalue weighted by Gasteiger charge is 2.30. The van der Waals surface area contributed by atoms with Gasteiger partial charge in [0.15, 0.2) is 5.78 Å². The number of carbonyl (C=O) groups excluding carboxylic acids is 1. The number of hydrogen-bond acceptors (Lipinski definition) is 4. The molecule has 19 heavy (non-hydrogen) atoms. The van der Waals surface area contributed by atoms with Gasteiger partial charge in [0.2, 0.25) is 0 Å². The van der Waals surface area contributed by atoms with E-state index in [-0.39, 0.29) is 11.9 Å². The second-order valence-electron chi connectivity index (χ2n) is 5.53. The van der Waals surface area contributed by atoms with Crippen LogP contribution in [0.2, 0.25) is 0 Å². The Morgan fingerprint density at radius 2 is 2.16 bits per heavy atom. The van der Waals surface area contributed by atoms with Crippen molar-refractivity contribution in [1.29, 1.82) is 0 Å². The van der Waals surface area contributed by atoms with Gasteiger partial charge in [-0.05, 0) is 44.5 Å². The summed E-state index contributed by atoms with van der Waals surface area (Å²) in [6, 6.07) is 0. The molecule has 0 aromatic heterocycles. The third-order valence-corrected chi connectivity index (χ3v) is 4.10. The number of Topliss-reactive ketones (excluding diaryl/α,β-unsaturated/α-hetero) is 1. The molecule has 4 nitrogen and oxygen atoms in total. The molecule has 4 heteroatoms. The van der Waals surface area contributed by atoms with E-state index in [1.165, 1.54) is 0 Å². The van der Waals surface area contributed by atoms with Gasteiger partial charge in [-0.1, -0.05) is 0 Å². The van der Waals surface area contributed by atoms with E-state index in [0.717, 1.165) is 42.8 Å². The first kappa shape index (κ1) is 12.9. The minimum absolute atomic E-state index is 0.0766. The molecule has 3 aliphatic rings. The van der Waals surface area contributed by atoms with Crippen LogP contribution in [0.5, 0.6) is 0 Å². The maximum absolute atomic E-state index is 11.8. The maximum Gasteiger partial charge on any atom is 0.169 e. The lowest BCUT2D eigenvalue weighted by atomic mass is 9.91. The Kier molecular flexibility index (Phi) is 3.71. The first-order valence-corrected chi connectivity index (χ1v) is 7.17. The highest BCUT2D eigenvalue weighted by atomic mass is 16.5. The summed E-state index contributed by atoms with van der Waals surface area (Å²) in [5, 5.41) is 3.34. The molecule has 0 spiro atoms. The van der Waals surface area contributed by atoms with E-state index in [1.807, 2.05) is 6.08 Å². The van der Waals surface area contributed by atoms with Crippen LogP contribution < -0.4 is 5.32 Å². The first-order valence-electron chi connectivity index (χ1n) is 7.17.